The van der Waals surface area contributed by atoms with Crippen LogP contribution in [-0.2, 0) is 0 Å². The van der Waals surface area contributed by atoms with E-state index in [0.717, 1.165) is 0 Å². The van der Waals surface area contributed by atoms with Gasteiger partial charge in [0.05, 0.1) is 12.7 Å². The lowest BCUT2D eigenvalue weighted by Gasteiger charge is -2.23. The Morgan fingerprint density at radius 1 is 1.41 bits per heavy atom. The highest BCUT2D eigenvalue weighted by atomic mass is 19.1. The van der Waals surface area contributed by atoms with E-state index in [1.807, 2.05) is 4.90 Å². The maximum absolute atomic E-state index is 13.4. The van der Waals surface area contributed by atoms with Gasteiger partial charge < -0.3 is 10.2 Å². The Labute approximate surface area is 101 Å². The summed E-state index contributed by atoms with van der Waals surface area (Å²) in [5.41, 5.74) is 0.277. The first-order valence-corrected chi connectivity index (χ1v) is 5.55. The van der Waals surface area contributed by atoms with Crippen LogP contribution in [0.25, 0.3) is 0 Å². The highest BCUT2D eigenvalue weighted by molar-refractivity contribution is 5.20. The maximum atomic E-state index is 13.4. The van der Waals surface area contributed by atoms with Gasteiger partial charge in [0.15, 0.2) is 0 Å². The molecule has 1 atom stereocenters. The van der Waals surface area contributed by atoms with Crippen LogP contribution < -0.4 is 0 Å². The van der Waals surface area contributed by atoms with Gasteiger partial charge in [0, 0.05) is 25.2 Å². The van der Waals surface area contributed by atoms with Crippen LogP contribution in [0.15, 0.2) is 36.9 Å². The maximum Gasteiger partial charge on any atom is 0.129 e. The summed E-state index contributed by atoms with van der Waals surface area (Å²) in [5, 5.41) is 18.8. The summed E-state index contributed by atoms with van der Waals surface area (Å²) in [6.45, 7) is 4.85. The van der Waals surface area contributed by atoms with Crippen LogP contribution >= 0.6 is 0 Å². The molecule has 0 aliphatic carbocycles. The minimum atomic E-state index is -0.900. The number of nitrogens with zero attached hydrogens (tertiary/aromatic N) is 1. The fraction of sp³-hybridized carbons (Fsp3) is 0.385. The lowest BCUT2D eigenvalue weighted by atomic mass is 10.1. The Morgan fingerprint density at radius 2 is 2.12 bits per heavy atom. The van der Waals surface area contributed by atoms with Crippen molar-refractivity contribution in [3.63, 3.8) is 0 Å². The van der Waals surface area contributed by atoms with E-state index < -0.39 is 11.9 Å². The molecule has 1 unspecified atom stereocenters. The van der Waals surface area contributed by atoms with E-state index in [2.05, 4.69) is 6.58 Å². The molecule has 0 aromatic heterocycles. The van der Waals surface area contributed by atoms with Gasteiger partial charge in [0.1, 0.15) is 5.82 Å². The van der Waals surface area contributed by atoms with E-state index >= 15 is 0 Å². The van der Waals surface area contributed by atoms with Gasteiger partial charge in [-0.3, -0.25) is 4.90 Å². The largest absolute Gasteiger partial charge is 0.395 e. The summed E-state index contributed by atoms with van der Waals surface area (Å²) in [6, 6.07) is 6.15. The molecule has 0 saturated heterocycles. The Kier molecular flexibility index (Phi) is 5.83. The Bertz CT molecular complexity index is 357. The van der Waals surface area contributed by atoms with E-state index in [-0.39, 0.29) is 18.7 Å². The van der Waals surface area contributed by atoms with Crippen molar-refractivity contribution in [3.05, 3.63) is 48.3 Å². The number of hydrogen-bond donors (Lipinski definition) is 2. The molecule has 0 aliphatic rings. The van der Waals surface area contributed by atoms with E-state index in [1.54, 1.807) is 24.3 Å². The normalized spacial score (nSPS) is 12.7. The van der Waals surface area contributed by atoms with Gasteiger partial charge in [-0.15, -0.1) is 6.58 Å². The molecule has 0 saturated carbocycles. The van der Waals surface area contributed by atoms with Gasteiger partial charge in [-0.2, -0.15) is 0 Å². The smallest absolute Gasteiger partial charge is 0.129 e. The Hall–Kier alpha value is -1.23. The van der Waals surface area contributed by atoms with Crippen LogP contribution in [0.2, 0.25) is 0 Å². The third kappa shape index (κ3) is 4.26. The van der Waals surface area contributed by atoms with Crippen molar-refractivity contribution in [2.75, 3.05) is 26.2 Å². The SMILES string of the molecule is C=CCN(CCO)CC(O)c1ccccc1F. The van der Waals surface area contributed by atoms with E-state index in [0.29, 0.717) is 13.1 Å². The Morgan fingerprint density at radius 3 is 2.71 bits per heavy atom. The summed E-state index contributed by atoms with van der Waals surface area (Å²) in [4.78, 5) is 1.81. The van der Waals surface area contributed by atoms with Crippen LogP contribution in [0.5, 0.6) is 0 Å². The zero-order chi connectivity index (χ0) is 12.7. The highest BCUT2D eigenvalue weighted by Crippen LogP contribution is 2.17. The summed E-state index contributed by atoms with van der Waals surface area (Å²) >= 11 is 0. The standard InChI is InChI=1S/C13H18FNO2/c1-2-7-15(8-9-16)10-13(17)11-5-3-4-6-12(11)14/h2-6,13,16-17H,1,7-10H2. The number of aliphatic hydroxyl groups is 2. The third-order valence-electron chi connectivity index (χ3n) is 2.50. The highest BCUT2D eigenvalue weighted by Gasteiger charge is 2.15. The van der Waals surface area contributed by atoms with Crippen LogP contribution in [0.3, 0.4) is 0 Å². The minimum absolute atomic E-state index is 0.00215. The number of aliphatic hydroxyl groups excluding tert-OH is 2. The molecule has 4 heteroatoms. The van der Waals surface area contributed by atoms with Crippen molar-refractivity contribution in [1.29, 1.82) is 0 Å². The fourth-order valence-corrected chi connectivity index (χ4v) is 1.67. The van der Waals surface area contributed by atoms with Crippen LogP contribution in [0.1, 0.15) is 11.7 Å². The molecule has 1 aromatic rings. The molecule has 3 nitrogen and oxygen atoms in total. The Balaban J connectivity index is 2.66. The number of hydrogen-bond acceptors (Lipinski definition) is 3. The van der Waals surface area contributed by atoms with Gasteiger partial charge >= 0.3 is 0 Å². The lowest BCUT2D eigenvalue weighted by Crippen LogP contribution is -2.31. The van der Waals surface area contributed by atoms with Crippen molar-refractivity contribution in [1.82, 2.24) is 4.90 Å². The summed E-state index contributed by atoms with van der Waals surface area (Å²) in [6.07, 6.45) is 0.784. The number of benzene rings is 1. The van der Waals surface area contributed by atoms with Crippen molar-refractivity contribution in [2.45, 2.75) is 6.10 Å². The predicted octanol–water partition coefficient (Wildman–Crippen LogP) is 1.34. The summed E-state index contributed by atoms with van der Waals surface area (Å²) in [5.74, 6) is -0.414. The average Bonchev–Trinajstić information content (AvgIpc) is 2.30. The molecule has 1 rings (SSSR count). The van der Waals surface area contributed by atoms with Crippen LogP contribution in [0, 0.1) is 5.82 Å². The van der Waals surface area contributed by atoms with E-state index in [9.17, 15) is 9.50 Å². The lowest BCUT2D eigenvalue weighted by molar-refractivity contribution is 0.104. The average molecular weight is 239 g/mol. The quantitative estimate of drug-likeness (QED) is 0.706. The van der Waals surface area contributed by atoms with Gasteiger partial charge in [-0.1, -0.05) is 24.3 Å². The zero-order valence-corrected chi connectivity index (χ0v) is 9.72. The first-order valence-electron chi connectivity index (χ1n) is 5.55. The molecule has 0 amide bonds. The molecule has 0 radical (unpaired) electrons. The zero-order valence-electron chi connectivity index (χ0n) is 9.72. The van der Waals surface area contributed by atoms with Crippen molar-refractivity contribution in [3.8, 4) is 0 Å². The second kappa shape index (κ2) is 7.17. The molecule has 1 aromatic carbocycles. The van der Waals surface area contributed by atoms with E-state index in [1.165, 1.54) is 6.07 Å². The van der Waals surface area contributed by atoms with Gasteiger partial charge in [0.25, 0.3) is 0 Å². The van der Waals surface area contributed by atoms with Gasteiger partial charge in [-0.25, -0.2) is 4.39 Å². The van der Waals surface area contributed by atoms with Crippen molar-refractivity contribution < 1.29 is 14.6 Å². The number of halogens is 1. The molecule has 0 bridgehead atoms. The first kappa shape index (κ1) is 13.8. The fourth-order valence-electron chi connectivity index (χ4n) is 1.67. The predicted molar refractivity (Wildman–Crippen MR) is 65.1 cm³/mol. The third-order valence-corrected chi connectivity index (χ3v) is 2.50. The molecule has 0 heterocycles. The van der Waals surface area contributed by atoms with Crippen LogP contribution in [0.4, 0.5) is 4.39 Å². The molecule has 0 aliphatic heterocycles. The monoisotopic (exact) mass is 239 g/mol. The molecule has 2 N–H and O–H groups in total. The van der Waals surface area contributed by atoms with Crippen molar-refractivity contribution >= 4 is 0 Å². The summed E-state index contributed by atoms with van der Waals surface area (Å²) in [7, 11) is 0. The van der Waals surface area contributed by atoms with E-state index in [4.69, 9.17) is 5.11 Å². The number of rotatable bonds is 7. The second-order valence-electron chi connectivity index (χ2n) is 3.81. The molecule has 0 fully saturated rings. The molecular formula is C13H18FNO2. The van der Waals surface area contributed by atoms with Crippen molar-refractivity contribution in [2.24, 2.45) is 0 Å². The molecule has 0 spiro atoms. The molecule has 17 heavy (non-hydrogen) atoms. The van der Waals surface area contributed by atoms with Gasteiger partial charge in [-0.05, 0) is 6.07 Å². The van der Waals surface area contributed by atoms with Crippen LogP contribution in [-0.4, -0.2) is 41.4 Å². The van der Waals surface area contributed by atoms with Gasteiger partial charge in [0.2, 0.25) is 0 Å². The molecule has 94 valence electrons. The summed E-state index contributed by atoms with van der Waals surface area (Å²) < 4.78 is 13.4. The first-order chi connectivity index (χ1) is 8.19. The molecular weight excluding hydrogens is 221 g/mol. The second-order valence-corrected chi connectivity index (χ2v) is 3.81. The minimum Gasteiger partial charge on any atom is -0.395 e. The topological polar surface area (TPSA) is 43.7 Å².